The number of carbonyl (C=O) groups is 2. The first-order valence-corrected chi connectivity index (χ1v) is 8.41. The Balaban J connectivity index is 1.76. The first kappa shape index (κ1) is 17.9. The summed E-state index contributed by atoms with van der Waals surface area (Å²) in [6.45, 7) is 4.35. The number of amides is 2. The predicted molar refractivity (Wildman–Crippen MR) is 96.8 cm³/mol. The highest BCUT2D eigenvalue weighted by molar-refractivity contribution is 5.91. The van der Waals surface area contributed by atoms with Crippen molar-refractivity contribution in [1.82, 2.24) is 16.0 Å². The number of carbonyl (C=O) groups excluding carboxylic acids is 2. The van der Waals surface area contributed by atoms with E-state index < -0.39 is 0 Å². The lowest BCUT2D eigenvalue weighted by molar-refractivity contribution is -0.125. The zero-order valence-electron chi connectivity index (χ0n) is 14.1. The molecule has 0 heterocycles. The number of hydrogen-bond acceptors (Lipinski definition) is 3. The van der Waals surface area contributed by atoms with Crippen LogP contribution in [-0.2, 0) is 16.0 Å². The van der Waals surface area contributed by atoms with E-state index in [0.717, 1.165) is 35.8 Å². The van der Waals surface area contributed by atoms with E-state index in [1.165, 1.54) is 0 Å². The molecule has 2 aromatic carbocycles. The van der Waals surface area contributed by atoms with Crippen LogP contribution >= 0.6 is 0 Å². The molecule has 0 aromatic heterocycles. The largest absolute Gasteiger partial charge is 0.353 e. The van der Waals surface area contributed by atoms with Gasteiger partial charge in [0.2, 0.25) is 11.8 Å². The molecule has 0 saturated carbocycles. The van der Waals surface area contributed by atoms with Crippen LogP contribution in [0.1, 0.15) is 18.9 Å². The van der Waals surface area contributed by atoms with Gasteiger partial charge in [-0.3, -0.25) is 9.59 Å². The average molecular weight is 327 g/mol. The molecule has 2 amide bonds. The number of fused-ring (bicyclic) bond motifs is 1. The van der Waals surface area contributed by atoms with Crippen molar-refractivity contribution in [3.63, 3.8) is 0 Å². The SMILES string of the molecule is CCCNCCNC(=O)CNC(=O)Cc1cccc2ccccc12. The van der Waals surface area contributed by atoms with Crippen molar-refractivity contribution in [2.75, 3.05) is 26.2 Å². The van der Waals surface area contributed by atoms with Gasteiger partial charge in [0.1, 0.15) is 0 Å². The fourth-order valence-electron chi connectivity index (χ4n) is 2.52. The summed E-state index contributed by atoms with van der Waals surface area (Å²) in [5.74, 6) is -0.315. The van der Waals surface area contributed by atoms with Gasteiger partial charge in [-0.25, -0.2) is 0 Å². The Hall–Kier alpha value is -2.40. The van der Waals surface area contributed by atoms with Crippen LogP contribution in [0.5, 0.6) is 0 Å². The molecule has 3 N–H and O–H groups in total. The van der Waals surface area contributed by atoms with Crippen LogP contribution in [0.25, 0.3) is 10.8 Å². The van der Waals surface area contributed by atoms with Crippen LogP contribution in [0.3, 0.4) is 0 Å². The summed E-state index contributed by atoms with van der Waals surface area (Å²) in [6.07, 6.45) is 1.34. The standard InChI is InChI=1S/C19H25N3O2/c1-2-10-20-11-12-21-19(24)14-22-18(23)13-16-8-5-7-15-6-3-4-9-17(15)16/h3-9,20H,2,10-14H2,1H3,(H,21,24)(H,22,23). The summed E-state index contributed by atoms with van der Waals surface area (Å²) >= 11 is 0. The summed E-state index contributed by atoms with van der Waals surface area (Å²) in [6, 6.07) is 13.9. The van der Waals surface area contributed by atoms with E-state index in [1.54, 1.807) is 0 Å². The molecule has 0 radical (unpaired) electrons. The van der Waals surface area contributed by atoms with E-state index in [2.05, 4.69) is 22.9 Å². The Labute approximate surface area is 142 Å². The van der Waals surface area contributed by atoms with Crippen LogP contribution in [-0.4, -0.2) is 38.0 Å². The first-order valence-electron chi connectivity index (χ1n) is 8.41. The third kappa shape index (κ3) is 5.66. The molecular formula is C19H25N3O2. The molecule has 0 aliphatic carbocycles. The highest BCUT2D eigenvalue weighted by Gasteiger charge is 2.08. The number of rotatable bonds is 9. The maximum absolute atomic E-state index is 12.1. The highest BCUT2D eigenvalue weighted by atomic mass is 16.2. The molecule has 5 heteroatoms. The van der Waals surface area contributed by atoms with Gasteiger partial charge in [0.25, 0.3) is 0 Å². The van der Waals surface area contributed by atoms with Gasteiger partial charge in [0.05, 0.1) is 13.0 Å². The molecule has 0 bridgehead atoms. The van der Waals surface area contributed by atoms with Gasteiger partial charge in [-0.1, -0.05) is 49.4 Å². The summed E-state index contributed by atoms with van der Waals surface area (Å²) in [5.41, 5.74) is 0.967. The zero-order valence-corrected chi connectivity index (χ0v) is 14.1. The maximum atomic E-state index is 12.1. The van der Waals surface area contributed by atoms with Crippen LogP contribution in [0, 0.1) is 0 Å². The van der Waals surface area contributed by atoms with Crippen molar-refractivity contribution in [2.24, 2.45) is 0 Å². The lowest BCUT2D eigenvalue weighted by atomic mass is 10.0. The normalized spacial score (nSPS) is 10.5. The molecule has 0 aliphatic rings. The lowest BCUT2D eigenvalue weighted by Crippen LogP contribution is -2.40. The second-order valence-corrected chi connectivity index (χ2v) is 5.69. The number of hydrogen-bond donors (Lipinski definition) is 3. The minimum absolute atomic E-state index is 0.0113. The van der Waals surface area contributed by atoms with Crippen molar-refractivity contribution < 1.29 is 9.59 Å². The molecule has 0 atom stereocenters. The van der Waals surface area contributed by atoms with Crippen molar-refractivity contribution in [2.45, 2.75) is 19.8 Å². The molecule has 2 rings (SSSR count). The highest BCUT2D eigenvalue weighted by Crippen LogP contribution is 2.18. The van der Waals surface area contributed by atoms with Gasteiger partial charge in [-0.15, -0.1) is 0 Å². The van der Waals surface area contributed by atoms with Gasteiger partial charge < -0.3 is 16.0 Å². The molecular weight excluding hydrogens is 302 g/mol. The molecule has 2 aromatic rings. The van der Waals surface area contributed by atoms with Gasteiger partial charge >= 0.3 is 0 Å². The fourth-order valence-corrected chi connectivity index (χ4v) is 2.52. The molecule has 0 fully saturated rings. The first-order chi connectivity index (χ1) is 11.7. The molecule has 5 nitrogen and oxygen atoms in total. The molecule has 128 valence electrons. The second kappa shape index (κ2) is 9.67. The van der Waals surface area contributed by atoms with Crippen LogP contribution in [0.2, 0.25) is 0 Å². The summed E-state index contributed by atoms with van der Waals surface area (Å²) in [4.78, 5) is 23.8. The van der Waals surface area contributed by atoms with Crippen molar-refractivity contribution in [3.8, 4) is 0 Å². The quantitative estimate of drug-likeness (QED) is 0.613. The number of nitrogens with one attached hydrogen (secondary N) is 3. The summed E-state index contributed by atoms with van der Waals surface area (Å²) in [5, 5.41) is 10.8. The Morgan fingerprint density at radius 3 is 2.50 bits per heavy atom. The maximum Gasteiger partial charge on any atom is 0.239 e. The summed E-state index contributed by atoms with van der Waals surface area (Å²) < 4.78 is 0. The molecule has 0 unspecified atom stereocenters. The minimum Gasteiger partial charge on any atom is -0.353 e. The van der Waals surface area contributed by atoms with Crippen molar-refractivity contribution >= 4 is 22.6 Å². The monoisotopic (exact) mass is 327 g/mol. The lowest BCUT2D eigenvalue weighted by Gasteiger charge is -2.09. The minimum atomic E-state index is -0.167. The van der Waals surface area contributed by atoms with Crippen LogP contribution in [0.15, 0.2) is 42.5 Å². The Kier molecular flexibility index (Phi) is 7.23. The Bertz CT molecular complexity index is 680. The van der Waals surface area contributed by atoms with Gasteiger partial charge in [-0.2, -0.15) is 0 Å². The third-order valence-corrected chi connectivity index (χ3v) is 3.73. The molecule has 0 spiro atoms. The smallest absolute Gasteiger partial charge is 0.239 e. The number of benzene rings is 2. The van der Waals surface area contributed by atoms with E-state index in [9.17, 15) is 9.59 Å². The van der Waals surface area contributed by atoms with Crippen LogP contribution < -0.4 is 16.0 Å². The van der Waals surface area contributed by atoms with E-state index in [4.69, 9.17) is 0 Å². The van der Waals surface area contributed by atoms with E-state index in [0.29, 0.717) is 6.54 Å². The van der Waals surface area contributed by atoms with Crippen LogP contribution in [0.4, 0.5) is 0 Å². The average Bonchev–Trinajstić information content (AvgIpc) is 2.60. The third-order valence-electron chi connectivity index (χ3n) is 3.73. The van der Waals surface area contributed by atoms with Gasteiger partial charge in [0.15, 0.2) is 0 Å². The zero-order chi connectivity index (χ0) is 17.2. The van der Waals surface area contributed by atoms with Crippen molar-refractivity contribution in [1.29, 1.82) is 0 Å². The molecule has 0 saturated heterocycles. The fraction of sp³-hybridized carbons (Fsp3) is 0.368. The van der Waals surface area contributed by atoms with Gasteiger partial charge in [0, 0.05) is 13.1 Å². The topological polar surface area (TPSA) is 70.2 Å². The van der Waals surface area contributed by atoms with E-state index in [-0.39, 0.29) is 24.8 Å². The Morgan fingerprint density at radius 1 is 0.875 bits per heavy atom. The van der Waals surface area contributed by atoms with E-state index >= 15 is 0 Å². The predicted octanol–water partition coefficient (Wildman–Crippen LogP) is 1.61. The van der Waals surface area contributed by atoms with Gasteiger partial charge in [-0.05, 0) is 29.3 Å². The van der Waals surface area contributed by atoms with Crippen molar-refractivity contribution in [3.05, 3.63) is 48.0 Å². The molecule has 0 aliphatic heterocycles. The van der Waals surface area contributed by atoms with E-state index in [1.807, 2.05) is 42.5 Å². The summed E-state index contributed by atoms with van der Waals surface area (Å²) in [7, 11) is 0. The second-order valence-electron chi connectivity index (χ2n) is 5.69. The Morgan fingerprint density at radius 2 is 1.67 bits per heavy atom. The molecule has 24 heavy (non-hydrogen) atoms.